The molecule has 0 N–H and O–H groups in total. The minimum absolute atomic E-state index is 0.0349. The first-order valence-corrected chi connectivity index (χ1v) is 41.4. The summed E-state index contributed by atoms with van der Waals surface area (Å²) in [4.78, 5) is 186. The monoisotopic (exact) mass is 1530 g/mol. The van der Waals surface area contributed by atoms with E-state index in [1.54, 1.807) is 121 Å². The molecular weight excluding hydrogens is 1450 g/mol. The van der Waals surface area contributed by atoms with Crippen LogP contribution in [0.4, 0.5) is 0 Å². The molecule has 6 aliphatic heterocycles. The molecule has 0 fully saturated rings. The van der Waals surface area contributed by atoms with E-state index in [2.05, 4.69) is 27.7 Å². The lowest BCUT2D eigenvalue weighted by molar-refractivity contribution is 0.00213. The SMILES string of the molecule is CCCCCCC(CCCCCC)N1C(=O)c2ccc3c4ccc5c6c(ccc(c7ccc(c2c37)C1=O)c64)C(=O)N(N1C(=O)c2ccc3c4ccc6c7c(ccc(c8ccc(c2c38)C1=O)c74)C(=O)N(N1C(=O)c2ccc3c4ccc7c8c(ccc(c9ccc(c2c39)C1=O)c84)C(=O)N(C(CCCCCC)CCCCCC)C7=O)C6=O)C5=O. The number of nitrogens with zero attached hydrogens (tertiary/aromatic N) is 6. The topological polar surface area (TPSA) is 224 Å². The van der Waals surface area contributed by atoms with Crippen molar-refractivity contribution in [3.8, 4) is 0 Å². The molecule has 0 radical (unpaired) electrons. The molecule has 21 rings (SSSR count). The number of amides is 12. The average Bonchev–Trinajstić information content (AvgIpc) is 0.690. The number of unbranched alkanes of at least 4 members (excludes halogenated alkanes) is 12. The van der Waals surface area contributed by atoms with E-state index >= 15 is 38.4 Å². The summed E-state index contributed by atoms with van der Waals surface area (Å²) in [5.41, 5.74) is 2.28. The van der Waals surface area contributed by atoms with Crippen molar-refractivity contribution < 1.29 is 57.5 Å². The van der Waals surface area contributed by atoms with Crippen LogP contribution in [0.1, 0.15) is 280 Å². The van der Waals surface area contributed by atoms with Gasteiger partial charge in [0, 0.05) is 66.7 Å². The number of carbonyl (C=O) groups is 12. The minimum Gasteiger partial charge on any atom is -0.271 e. The number of rotatable bonds is 24. The average molecular weight is 1530 g/mol. The lowest BCUT2D eigenvalue weighted by atomic mass is 9.81. The highest BCUT2D eigenvalue weighted by Gasteiger charge is 2.50. The summed E-state index contributed by atoms with van der Waals surface area (Å²) in [6.07, 6.45) is 19.4. The molecule has 0 saturated carbocycles. The Kier molecular flexibility index (Phi) is 16.1. The summed E-state index contributed by atoms with van der Waals surface area (Å²) >= 11 is 0. The Hall–Kier alpha value is -13.0. The van der Waals surface area contributed by atoms with Gasteiger partial charge in [0.05, 0.1) is 44.5 Å². The Morgan fingerprint density at radius 2 is 0.310 bits per heavy atom. The summed E-state index contributed by atoms with van der Waals surface area (Å²) in [6.45, 7) is 8.65. The molecular formula is C98H78N6O12. The van der Waals surface area contributed by atoms with Gasteiger partial charge in [0.25, 0.3) is 70.9 Å². The van der Waals surface area contributed by atoms with Crippen LogP contribution in [-0.2, 0) is 0 Å². The zero-order valence-electron chi connectivity index (χ0n) is 64.7. The van der Waals surface area contributed by atoms with Gasteiger partial charge < -0.3 is 0 Å². The maximum Gasteiger partial charge on any atom is 0.281 e. The van der Waals surface area contributed by atoms with Crippen molar-refractivity contribution in [1.29, 1.82) is 0 Å². The second kappa shape index (κ2) is 26.3. The van der Waals surface area contributed by atoms with E-state index < -0.39 is 47.3 Å². The van der Waals surface area contributed by atoms with Gasteiger partial charge in [-0.3, -0.25) is 67.3 Å². The molecule has 18 heteroatoms. The Labute approximate surface area is 664 Å². The highest BCUT2D eigenvalue weighted by Crippen LogP contribution is 2.53. The number of fused-ring (bicyclic) bond motifs is 6. The Morgan fingerprint density at radius 3 is 0.448 bits per heavy atom. The lowest BCUT2D eigenvalue weighted by Crippen LogP contribution is -2.58. The van der Waals surface area contributed by atoms with Gasteiger partial charge in [0.15, 0.2) is 0 Å². The molecule has 116 heavy (non-hydrogen) atoms. The van der Waals surface area contributed by atoms with Crippen molar-refractivity contribution in [2.45, 2.75) is 168 Å². The molecule has 0 bridgehead atoms. The number of imide groups is 6. The predicted octanol–water partition coefficient (Wildman–Crippen LogP) is 21.3. The Balaban J connectivity index is 0.591. The molecule has 15 aromatic carbocycles. The van der Waals surface area contributed by atoms with Gasteiger partial charge in [-0.1, -0.05) is 203 Å². The van der Waals surface area contributed by atoms with Crippen molar-refractivity contribution >= 4 is 200 Å². The highest BCUT2D eigenvalue weighted by atomic mass is 16.2. The third-order valence-corrected chi connectivity index (χ3v) is 26.6. The van der Waals surface area contributed by atoms with Crippen molar-refractivity contribution in [3.05, 3.63) is 212 Å². The number of hydrogen-bond acceptors (Lipinski definition) is 12. The van der Waals surface area contributed by atoms with Crippen molar-refractivity contribution in [2.24, 2.45) is 0 Å². The summed E-state index contributed by atoms with van der Waals surface area (Å²) in [7, 11) is 0. The Morgan fingerprint density at radius 1 is 0.172 bits per heavy atom. The second-order valence-corrected chi connectivity index (χ2v) is 32.8. The van der Waals surface area contributed by atoms with Crippen molar-refractivity contribution in [3.63, 3.8) is 0 Å². The van der Waals surface area contributed by atoms with Gasteiger partial charge in [-0.25, -0.2) is 0 Å². The predicted molar refractivity (Wildman–Crippen MR) is 449 cm³/mol. The molecule has 0 saturated heterocycles. The van der Waals surface area contributed by atoms with Gasteiger partial charge in [-0.2, -0.15) is 20.0 Å². The van der Waals surface area contributed by atoms with E-state index in [0.717, 1.165) is 161 Å². The fraction of sp³-hybridized carbons (Fsp3) is 0.265. The fourth-order valence-electron chi connectivity index (χ4n) is 21.2. The molecule has 15 aromatic rings. The molecule has 572 valence electrons. The van der Waals surface area contributed by atoms with Crippen LogP contribution in [0, 0.1) is 0 Å². The first-order valence-electron chi connectivity index (χ1n) is 41.4. The van der Waals surface area contributed by atoms with Crippen molar-refractivity contribution in [1.82, 2.24) is 29.8 Å². The van der Waals surface area contributed by atoms with Crippen LogP contribution in [0.2, 0.25) is 0 Å². The summed E-state index contributed by atoms with van der Waals surface area (Å²) in [5, 5.41) is 16.5. The highest BCUT2D eigenvalue weighted by molar-refractivity contribution is 6.47. The van der Waals surface area contributed by atoms with Crippen LogP contribution in [0.25, 0.3) is 129 Å². The van der Waals surface area contributed by atoms with E-state index in [4.69, 9.17) is 0 Å². The van der Waals surface area contributed by atoms with Gasteiger partial charge in [-0.05, 0) is 195 Å². The second-order valence-electron chi connectivity index (χ2n) is 32.8. The fourth-order valence-corrected chi connectivity index (χ4v) is 21.2. The van der Waals surface area contributed by atoms with E-state index in [-0.39, 0.29) is 91.0 Å². The molecule has 0 unspecified atom stereocenters. The summed E-state index contributed by atoms with van der Waals surface area (Å²) in [5.74, 6) is -8.50. The van der Waals surface area contributed by atoms with E-state index in [1.807, 2.05) is 24.3 Å². The van der Waals surface area contributed by atoms with Gasteiger partial charge in [0.2, 0.25) is 0 Å². The number of hydrogen-bond donors (Lipinski definition) is 0. The molecule has 0 aliphatic carbocycles. The largest absolute Gasteiger partial charge is 0.281 e. The van der Waals surface area contributed by atoms with Crippen LogP contribution in [0.15, 0.2) is 146 Å². The minimum atomic E-state index is -0.922. The normalized spacial score (nSPS) is 15.7. The number of benzene rings is 15. The quantitative estimate of drug-likeness (QED) is 0.0238. The van der Waals surface area contributed by atoms with Gasteiger partial charge >= 0.3 is 0 Å². The van der Waals surface area contributed by atoms with Crippen LogP contribution in [0.3, 0.4) is 0 Å². The number of hydrazine groups is 2. The van der Waals surface area contributed by atoms with E-state index in [1.165, 1.54) is 9.80 Å². The number of carbonyl (C=O) groups excluding carboxylic acids is 12. The maximum absolute atomic E-state index is 15.4. The molecule has 6 aliphatic rings. The molecule has 12 amide bonds. The molecule has 0 atom stereocenters. The van der Waals surface area contributed by atoms with Crippen LogP contribution < -0.4 is 0 Å². The van der Waals surface area contributed by atoms with E-state index in [0.29, 0.717) is 128 Å². The molecule has 0 spiro atoms. The van der Waals surface area contributed by atoms with Crippen LogP contribution in [-0.4, -0.2) is 113 Å². The molecule has 0 aromatic heterocycles. The standard InChI is InChI=1S/C98H78N6O12/c1-5-9-13-17-21-49(22-18-14-10-6-2)99-87(105)63-37-25-51-55-29-41-67-83-68(42-30-56(77(55)83)52-26-38-64(88(99)106)81(63)75(51)52)92(110)101(91(67)109)103-95(113)71-45-33-59-61-35-47-73-86-74(48-36-62(80(61)86)60-34-46-72(96(103)114)85(71)79(59)60)98(116)104(97(73)115)102-93(111)69-43-31-57-53-27-39-65-82-66(40-28-54(76(53)82)58-32-44-70(94(102)112)84(69)78(57)58)90(108)100(89(65)107)50(23-19-15-11-7-3)24-20-16-12-8-4/h25-50H,5-24H2,1-4H3. The van der Waals surface area contributed by atoms with Crippen LogP contribution in [0.5, 0.6) is 0 Å². The zero-order valence-corrected chi connectivity index (χ0v) is 64.7. The summed E-state index contributed by atoms with van der Waals surface area (Å²) in [6, 6.07) is 40.8. The van der Waals surface area contributed by atoms with Gasteiger partial charge in [0.1, 0.15) is 0 Å². The zero-order chi connectivity index (χ0) is 79.4. The van der Waals surface area contributed by atoms with E-state index in [9.17, 15) is 19.2 Å². The maximum atomic E-state index is 15.4. The third kappa shape index (κ3) is 9.45. The lowest BCUT2D eigenvalue weighted by Gasteiger charge is -2.38. The van der Waals surface area contributed by atoms with Crippen molar-refractivity contribution in [2.75, 3.05) is 0 Å². The van der Waals surface area contributed by atoms with Gasteiger partial charge in [-0.15, -0.1) is 0 Å². The molecule has 6 heterocycles. The first kappa shape index (κ1) is 70.9. The molecule has 18 nitrogen and oxygen atoms in total. The third-order valence-electron chi connectivity index (χ3n) is 26.6. The van der Waals surface area contributed by atoms with Crippen LogP contribution >= 0.6 is 0 Å². The smallest absolute Gasteiger partial charge is 0.271 e. The summed E-state index contributed by atoms with van der Waals surface area (Å²) < 4.78 is 0. The first-order chi connectivity index (χ1) is 56.5. The Bertz CT molecular complexity index is 6330.